The molecule has 0 spiro atoms. The second-order valence-corrected chi connectivity index (χ2v) is 3.68. The van der Waals surface area contributed by atoms with Gasteiger partial charge in [-0.3, -0.25) is 0 Å². The van der Waals surface area contributed by atoms with Gasteiger partial charge in [-0.1, -0.05) is 27.2 Å². The van der Waals surface area contributed by atoms with E-state index in [1.807, 2.05) is 13.8 Å². The molecule has 0 fully saturated rings. The quantitative estimate of drug-likeness (QED) is 0.380. The largest absolute Gasteiger partial charge is 0.512 e. The molecule has 0 radical (unpaired) electrons. The van der Waals surface area contributed by atoms with Crippen molar-refractivity contribution < 1.29 is 5.11 Å². The summed E-state index contributed by atoms with van der Waals surface area (Å²) in [6, 6.07) is 0. The molecule has 0 saturated heterocycles. The molecule has 0 aromatic rings. The van der Waals surface area contributed by atoms with Gasteiger partial charge in [0.25, 0.3) is 0 Å². The van der Waals surface area contributed by atoms with Crippen LogP contribution in [0.2, 0.25) is 0 Å². The summed E-state index contributed by atoms with van der Waals surface area (Å²) in [5, 5.41) is 17.1. The number of aliphatic hydroxyl groups excluding tert-OH is 1. The summed E-state index contributed by atoms with van der Waals surface area (Å²) < 4.78 is 0. The molecule has 2 N–H and O–H groups in total. The van der Waals surface area contributed by atoms with E-state index in [0.29, 0.717) is 12.2 Å². The van der Waals surface area contributed by atoms with E-state index in [9.17, 15) is 5.11 Å². The molecule has 0 amide bonds. The van der Waals surface area contributed by atoms with Crippen molar-refractivity contribution in [2.75, 3.05) is 0 Å². The standard InChI is InChI=1S/C13H23NO/c1-5-8-11(9-14)12(6-2)10(4)13(15)7-3/h9,14-15H,5-8H2,1-4H3/b12-11+,13-10-,14-9?. The van der Waals surface area contributed by atoms with Crippen LogP contribution in [-0.2, 0) is 0 Å². The van der Waals surface area contributed by atoms with Crippen molar-refractivity contribution in [2.45, 2.75) is 53.4 Å². The maximum Gasteiger partial charge on any atom is 0.0951 e. The van der Waals surface area contributed by atoms with Gasteiger partial charge >= 0.3 is 0 Å². The summed E-state index contributed by atoms with van der Waals surface area (Å²) in [5.74, 6) is 0.447. The summed E-state index contributed by atoms with van der Waals surface area (Å²) in [6.45, 7) is 8.06. The Balaban J connectivity index is 5.26. The summed E-state index contributed by atoms with van der Waals surface area (Å²) in [4.78, 5) is 0. The fourth-order valence-corrected chi connectivity index (χ4v) is 1.75. The first-order valence-corrected chi connectivity index (χ1v) is 5.73. The highest BCUT2D eigenvalue weighted by Gasteiger charge is 2.08. The molecule has 0 aliphatic rings. The van der Waals surface area contributed by atoms with Gasteiger partial charge in [-0.25, -0.2) is 0 Å². The summed E-state index contributed by atoms with van der Waals surface area (Å²) >= 11 is 0. The number of aliphatic hydroxyl groups is 1. The summed E-state index contributed by atoms with van der Waals surface area (Å²) in [6.07, 6.45) is 4.91. The SMILES string of the molecule is CCC/C(C=N)=C(CC)\C(C)=C(/O)CC. The lowest BCUT2D eigenvalue weighted by Gasteiger charge is -2.12. The van der Waals surface area contributed by atoms with Crippen LogP contribution in [0.15, 0.2) is 22.5 Å². The van der Waals surface area contributed by atoms with Crippen molar-refractivity contribution >= 4 is 6.21 Å². The van der Waals surface area contributed by atoms with Gasteiger partial charge < -0.3 is 10.5 Å². The van der Waals surface area contributed by atoms with Gasteiger partial charge in [0.1, 0.15) is 0 Å². The highest BCUT2D eigenvalue weighted by Crippen LogP contribution is 2.23. The minimum absolute atomic E-state index is 0.447. The zero-order valence-corrected chi connectivity index (χ0v) is 10.4. The summed E-state index contributed by atoms with van der Waals surface area (Å²) in [7, 11) is 0. The molecule has 2 nitrogen and oxygen atoms in total. The minimum Gasteiger partial charge on any atom is -0.512 e. The Morgan fingerprint density at radius 3 is 2.13 bits per heavy atom. The number of rotatable bonds is 6. The third-order valence-electron chi connectivity index (χ3n) is 2.66. The van der Waals surface area contributed by atoms with E-state index in [-0.39, 0.29) is 0 Å². The lowest BCUT2D eigenvalue weighted by molar-refractivity contribution is 0.388. The molecule has 15 heavy (non-hydrogen) atoms. The molecule has 0 saturated carbocycles. The van der Waals surface area contributed by atoms with Crippen LogP contribution >= 0.6 is 0 Å². The number of hydrogen-bond acceptors (Lipinski definition) is 2. The normalized spacial score (nSPS) is 14.4. The molecule has 0 atom stereocenters. The predicted octanol–water partition coefficient (Wildman–Crippen LogP) is 4.38. The van der Waals surface area contributed by atoms with Gasteiger partial charge in [0.2, 0.25) is 0 Å². The number of nitrogens with one attached hydrogen (secondary N) is 1. The Labute approximate surface area is 93.2 Å². The average Bonchev–Trinajstić information content (AvgIpc) is 2.27. The maximum absolute atomic E-state index is 9.71. The van der Waals surface area contributed by atoms with Crippen molar-refractivity contribution in [1.29, 1.82) is 5.41 Å². The monoisotopic (exact) mass is 209 g/mol. The molecule has 0 aliphatic heterocycles. The second-order valence-electron chi connectivity index (χ2n) is 3.68. The highest BCUT2D eigenvalue weighted by atomic mass is 16.3. The van der Waals surface area contributed by atoms with Crippen molar-refractivity contribution in [3.8, 4) is 0 Å². The Morgan fingerprint density at radius 1 is 1.20 bits per heavy atom. The second kappa shape index (κ2) is 7.27. The topological polar surface area (TPSA) is 44.1 Å². The van der Waals surface area contributed by atoms with Crippen LogP contribution in [0.3, 0.4) is 0 Å². The van der Waals surface area contributed by atoms with Crippen molar-refractivity contribution in [2.24, 2.45) is 0 Å². The fraction of sp³-hybridized carbons (Fsp3) is 0.615. The third kappa shape index (κ3) is 3.90. The first-order chi connectivity index (χ1) is 7.12. The van der Waals surface area contributed by atoms with Crippen LogP contribution < -0.4 is 0 Å². The molecule has 0 aromatic heterocycles. The number of hydrogen-bond donors (Lipinski definition) is 2. The zero-order chi connectivity index (χ0) is 11.8. The van der Waals surface area contributed by atoms with E-state index in [2.05, 4.69) is 13.8 Å². The number of allylic oxidation sites excluding steroid dienone is 4. The molecule has 0 aliphatic carbocycles. The molecule has 0 aromatic carbocycles. The van der Waals surface area contributed by atoms with E-state index in [1.165, 1.54) is 6.21 Å². The third-order valence-corrected chi connectivity index (χ3v) is 2.66. The van der Waals surface area contributed by atoms with Gasteiger partial charge in [0.15, 0.2) is 0 Å². The van der Waals surface area contributed by atoms with E-state index in [4.69, 9.17) is 5.41 Å². The molecule has 86 valence electrons. The lowest BCUT2D eigenvalue weighted by atomic mass is 9.95. The zero-order valence-electron chi connectivity index (χ0n) is 10.4. The Bertz CT molecular complexity index is 274. The lowest BCUT2D eigenvalue weighted by Crippen LogP contribution is -1.98. The minimum atomic E-state index is 0.447. The Morgan fingerprint density at radius 2 is 1.80 bits per heavy atom. The van der Waals surface area contributed by atoms with E-state index in [1.54, 1.807) is 0 Å². The van der Waals surface area contributed by atoms with Gasteiger partial charge in [0.05, 0.1) is 5.76 Å². The van der Waals surface area contributed by atoms with Gasteiger partial charge in [-0.15, -0.1) is 0 Å². The van der Waals surface area contributed by atoms with Crippen LogP contribution in [-0.4, -0.2) is 11.3 Å². The molecule has 0 bridgehead atoms. The van der Waals surface area contributed by atoms with Crippen molar-refractivity contribution in [3.05, 3.63) is 22.5 Å². The summed E-state index contributed by atoms with van der Waals surface area (Å²) in [5.41, 5.74) is 3.13. The van der Waals surface area contributed by atoms with Gasteiger partial charge in [-0.2, -0.15) is 0 Å². The Kier molecular flexibility index (Phi) is 6.76. The van der Waals surface area contributed by atoms with Crippen LogP contribution in [0.4, 0.5) is 0 Å². The fourth-order valence-electron chi connectivity index (χ4n) is 1.75. The van der Waals surface area contributed by atoms with Gasteiger partial charge in [0, 0.05) is 12.6 Å². The van der Waals surface area contributed by atoms with E-state index in [0.717, 1.165) is 36.0 Å². The molecule has 2 heteroatoms. The predicted molar refractivity (Wildman–Crippen MR) is 66.6 cm³/mol. The molecular formula is C13H23NO. The van der Waals surface area contributed by atoms with Crippen LogP contribution in [0.5, 0.6) is 0 Å². The average molecular weight is 209 g/mol. The molecule has 0 unspecified atom stereocenters. The van der Waals surface area contributed by atoms with Crippen LogP contribution in [0.25, 0.3) is 0 Å². The smallest absolute Gasteiger partial charge is 0.0951 e. The van der Waals surface area contributed by atoms with E-state index >= 15 is 0 Å². The first-order valence-electron chi connectivity index (χ1n) is 5.73. The van der Waals surface area contributed by atoms with Crippen LogP contribution in [0.1, 0.15) is 53.4 Å². The van der Waals surface area contributed by atoms with Crippen molar-refractivity contribution in [3.63, 3.8) is 0 Å². The maximum atomic E-state index is 9.71. The Hall–Kier alpha value is -1.05. The van der Waals surface area contributed by atoms with Crippen molar-refractivity contribution in [1.82, 2.24) is 0 Å². The molecular weight excluding hydrogens is 186 g/mol. The highest BCUT2D eigenvalue weighted by molar-refractivity contribution is 5.78. The van der Waals surface area contributed by atoms with Crippen LogP contribution in [0, 0.1) is 5.41 Å². The molecule has 0 heterocycles. The van der Waals surface area contributed by atoms with E-state index < -0.39 is 0 Å². The van der Waals surface area contributed by atoms with Gasteiger partial charge in [-0.05, 0) is 36.5 Å². The first kappa shape index (κ1) is 13.9. The molecule has 0 rings (SSSR count).